The highest BCUT2D eigenvalue weighted by Gasteiger charge is 2.50. The van der Waals surface area contributed by atoms with E-state index in [1.165, 1.54) is 19.3 Å². The van der Waals surface area contributed by atoms with Crippen LogP contribution >= 0.6 is 0 Å². The smallest absolute Gasteiger partial charge is 0.377 e. The molecule has 1 aliphatic carbocycles. The molecule has 0 aromatic heterocycles. The molecule has 1 saturated carbocycles. The second-order valence-electron chi connectivity index (χ2n) is 4.73. The summed E-state index contributed by atoms with van der Waals surface area (Å²) in [6, 6.07) is 0. The molecule has 2 aliphatic rings. The lowest BCUT2D eigenvalue weighted by atomic mass is 10.2. The van der Waals surface area contributed by atoms with Crippen LogP contribution in [0.2, 0.25) is 0 Å². The number of cyclic esters (lactones) is 1. The van der Waals surface area contributed by atoms with E-state index < -0.39 is 24.4 Å². The number of nitrogens with one attached hydrogen (secondary N) is 1. The molecule has 2 fully saturated rings. The highest BCUT2D eigenvalue weighted by atomic mass is 19.3. The van der Waals surface area contributed by atoms with Crippen molar-refractivity contribution in [2.45, 2.75) is 44.1 Å². The van der Waals surface area contributed by atoms with Crippen molar-refractivity contribution < 1.29 is 18.3 Å². The van der Waals surface area contributed by atoms with Crippen LogP contribution in [0, 0.1) is 5.92 Å². The maximum atomic E-state index is 12.8. The van der Waals surface area contributed by atoms with Gasteiger partial charge in [0, 0.05) is 6.54 Å². The predicted octanol–water partition coefficient (Wildman–Crippen LogP) is 1.72. The zero-order chi connectivity index (χ0) is 11.6. The van der Waals surface area contributed by atoms with E-state index in [4.69, 9.17) is 0 Å². The second kappa shape index (κ2) is 4.65. The summed E-state index contributed by atoms with van der Waals surface area (Å²) in [7, 11) is 0. The van der Waals surface area contributed by atoms with Crippen LogP contribution in [-0.4, -0.2) is 31.1 Å². The number of carbonyl (C=O) groups excluding carboxylic acids is 1. The van der Waals surface area contributed by atoms with E-state index in [2.05, 4.69) is 10.1 Å². The maximum absolute atomic E-state index is 12.8. The van der Waals surface area contributed by atoms with Crippen molar-refractivity contribution in [2.75, 3.05) is 13.1 Å². The molecular weight excluding hydrogens is 216 g/mol. The summed E-state index contributed by atoms with van der Waals surface area (Å²) in [6.45, 7) is 1.15. The molecular formula is C11H17F2NO2. The molecule has 5 heteroatoms. The summed E-state index contributed by atoms with van der Waals surface area (Å²) in [5.74, 6) is -3.76. The van der Waals surface area contributed by atoms with Crippen LogP contribution in [0.5, 0.6) is 0 Å². The van der Waals surface area contributed by atoms with Gasteiger partial charge in [-0.3, -0.25) is 0 Å². The van der Waals surface area contributed by atoms with Gasteiger partial charge in [0.05, 0.1) is 6.42 Å². The third kappa shape index (κ3) is 3.14. The summed E-state index contributed by atoms with van der Waals surface area (Å²) >= 11 is 0. The molecule has 1 atom stereocenters. The highest BCUT2D eigenvalue weighted by molar-refractivity contribution is 5.79. The van der Waals surface area contributed by atoms with Crippen molar-refractivity contribution >= 4 is 5.97 Å². The lowest BCUT2D eigenvalue weighted by Crippen LogP contribution is -2.28. The van der Waals surface area contributed by atoms with Crippen molar-refractivity contribution in [1.29, 1.82) is 0 Å². The van der Waals surface area contributed by atoms with E-state index in [1.807, 2.05) is 0 Å². The monoisotopic (exact) mass is 233 g/mol. The van der Waals surface area contributed by atoms with E-state index >= 15 is 0 Å². The lowest BCUT2D eigenvalue weighted by molar-refractivity contribution is -0.158. The Morgan fingerprint density at radius 1 is 1.44 bits per heavy atom. The molecule has 0 radical (unpaired) electrons. The van der Waals surface area contributed by atoms with Gasteiger partial charge < -0.3 is 10.1 Å². The molecule has 0 amide bonds. The molecule has 16 heavy (non-hydrogen) atoms. The molecule has 0 aromatic carbocycles. The normalized spacial score (nSPS) is 28.1. The van der Waals surface area contributed by atoms with Crippen molar-refractivity contribution in [3.8, 4) is 0 Å². The average molecular weight is 233 g/mol. The first-order chi connectivity index (χ1) is 7.58. The Labute approximate surface area is 93.5 Å². The van der Waals surface area contributed by atoms with Crippen molar-refractivity contribution in [3.63, 3.8) is 0 Å². The molecule has 0 bridgehead atoms. The van der Waals surface area contributed by atoms with Gasteiger partial charge in [-0.25, -0.2) is 4.79 Å². The second-order valence-corrected chi connectivity index (χ2v) is 4.73. The van der Waals surface area contributed by atoms with Crippen LogP contribution in [0.15, 0.2) is 0 Å². The highest BCUT2D eigenvalue weighted by Crippen LogP contribution is 2.33. The maximum Gasteiger partial charge on any atom is 0.377 e. The van der Waals surface area contributed by atoms with E-state index in [9.17, 15) is 13.6 Å². The SMILES string of the molecule is O=C1OC(CNCCCC2CC2)CC1(F)F. The quantitative estimate of drug-likeness (QED) is 0.560. The minimum Gasteiger partial charge on any atom is -0.456 e. The number of halogens is 2. The van der Waals surface area contributed by atoms with E-state index in [1.54, 1.807) is 0 Å². The van der Waals surface area contributed by atoms with Gasteiger partial charge in [0.15, 0.2) is 0 Å². The molecule has 1 aliphatic heterocycles. The van der Waals surface area contributed by atoms with Gasteiger partial charge in [0.25, 0.3) is 0 Å². The Hall–Kier alpha value is -0.710. The van der Waals surface area contributed by atoms with Crippen molar-refractivity contribution in [2.24, 2.45) is 5.92 Å². The fourth-order valence-electron chi connectivity index (χ4n) is 1.95. The summed E-state index contributed by atoms with van der Waals surface area (Å²) in [5, 5.41) is 3.06. The number of carbonyl (C=O) groups is 1. The number of hydrogen-bond donors (Lipinski definition) is 1. The predicted molar refractivity (Wildman–Crippen MR) is 54.3 cm³/mol. The van der Waals surface area contributed by atoms with E-state index in [0.29, 0.717) is 6.54 Å². The standard InChI is InChI=1S/C11H17F2NO2/c12-11(13)6-9(16-10(11)15)7-14-5-1-2-8-3-4-8/h8-9,14H,1-7H2. The van der Waals surface area contributed by atoms with Crippen LogP contribution in [0.1, 0.15) is 32.1 Å². The fraction of sp³-hybridized carbons (Fsp3) is 0.909. The summed E-state index contributed by atoms with van der Waals surface area (Å²) in [6.07, 6.45) is 3.82. The van der Waals surface area contributed by atoms with Gasteiger partial charge in [-0.15, -0.1) is 0 Å². The first-order valence-electron chi connectivity index (χ1n) is 5.87. The number of alkyl halides is 2. The minimum absolute atomic E-state index is 0.339. The van der Waals surface area contributed by atoms with Crippen LogP contribution in [0.3, 0.4) is 0 Å². The van der Waals surface area contributed by atoms with Crippen LogP contribution < -0.4 is 5.32 Å². The average Bonchev–Trinajstić information content (AvgIpc) is 2.96. The number of rotatable bonds is 6. The molecule has 1 saturated heterocycles. The molecule has 0 spiro atoms. The zero-order valence-corrected chi connectivity index (χ0v) is 9.18. The van der Waals surface area contributed by atoms with Gasteiger partial charge in [-0.05, 0) is 25.3 Å². The summed E-state index contributed by atoms with van der Waals surface area (Å²) < 4.78 is 30.1. The lowest BCUT2D eigenvalue weighted by Gasteiger charge is -2.09. The molecule has 0 aromatic rings. The largest absolute Gasteiger partial charge is 0.456 e. The Balaban J connectivity index is 1.54. The van der Waals surface area contributed by atoms with Gasteiger partial charge in [0.1, 0.15) is 6.10 Å². The zero-order valence-electron chi connectivity index (χ0n) is 9.18. The van der Waals surface area contributed by atoms with Crippen molar-refractivity contribution in [3.05, 3.63) is 0 Å². The van der Waals surface area contributed by atoms with Crippen LogP contribution in [-0.2, 0) is 9.53 Å². The third-order valence-electron chi connectivity index (χ3n) is 3.09. The van der Waals surface area contributed by atoms with E-state index in [-0.39, 0.29) is 0 Å². The first kappa shape index (κ1) is 11.8. The van der Waals surface area contributed by atoms with Gasteiger partial charge >= 0.3 is 11.9 Å². The Morgan fingerprint density at radius 3 is 2.75 bits per heavy atom. The Kier molecular flexibility index (Phi) is 3.42. The van der Waals surface area contributed by atoms with Crippen molar-refractivity contribution in [1.82, 2.24) is 5.32 Å². The Morgan fingerprint density at radius 2 is 2.19 bits per heavy atom. The molecule has 2 rings (SSSR count). The molecule has 1 heterocycles. The van der Waals surface area contributed by atoms with Gasteiger partial charge in [0.2, 0.25) is 0 Å². The summed E-state index contributed by atoms with van der Waals surface area (Å²) in [5.41, 5.74) is 0. The molecule has 92 valence electrons. The van der Waals surface area contributed by atoms with Gasteiger partial charge in [-0.2, -0.15) is 8.78 Å². The third-order valence-corrected chi connectivity index (χ3v) is 3.09. The first-order valence-corrected chi connectivity index (χ1v) is 5.87. The van der Waals surface area contributed by atoms with Crippen LogP contribution in [0.25, 0.3) is 0 Å². The molecule has 1 unspecified atom stereocenters. The molecule has 1 N–H and O–H groups in total. The van der Waals surface area contributed by atoms with Gasteiger partial charge in [-0.1, -0.05) is 12.8 Å². The van der Waals surface area contributed by atoms with Crippen LogP contribution in [0.4, 0.5) is 8.78 Å². The molecule has 3 nitrogen and oxygen atoms in total. The number of ether oxygens (including phenoxy) is 1. The fourth-order valence-corrected chi connectivity index (χ4v) is 1.95. The Bertz CT molecular complexity index is 267. The summed E-state index contributed by atoms with van der Waals surface area (Å²) in [4.78, 5) is 10.7. The topological polar surface area (TPSA) is 38.3 Å². The number of esters is 1. The van der Waals surface area contributed by atoms with E-state index in [0.717, 1.165) is 18.9 Å². The minimum atomic E-state index is -3.28. The number of hydrogen-bond acceptors (Lipinski definition) is 3.